The SMILES string of the molecule is Cc1nc(-c2nccn2[C@@H]2COC[C@@H]2Cc2ccnc3ccccc23)cn1C. The summed E-state index contributed by atoms with van der Waals surface area (Å²) in [6.07, 6.45) is 8.80. The molecule has 0 bridgehead atoms. The summed E-state index contributed by atoms with van der Waals surface area (Å²) >= 11 is 0. The molecule has 6 nitrogen and oxygen atoms in total. The first-order chi connectivity index (χ1) is 13.7. The average molecular weight is 373 g/mol. The van der Waals surface area contributed by atoms with Gasteiger partial charge in [-0.05, 0) is 31.0 Å². The molecular formula is C22H23N5O. The minimum Gasteiger partial charge on any atom is -0.379 e. The molecule has 0 N–H and O–H groups in total. The molecule has 0 saturated carbocycles. The van der Waals surface area contributed by atoms with Gasteiger partial charge >= 0.3 is 0 Å². The Balaban J connectivity index is 1.48. The fourth-order valence-electron chi connectivity index (χ4n) is 4.15. The fourth-order valence-corrected chi connectivity index (χ4v) is 4.15. The van der Waals surface area contributed by atoms with Crippen LogP contribution in [-0.2, 0) is 18.2 Å². The topological polar surface area (TPSA) is 57.8 Å². The van der Waals surface area contributed by atoms with Gasteiger partial charge in [0.25, 0.3) is 0 Å². The van der Waals surface area contributed by atoms with Gasteiger partial charge in [0.15, 0.2) is 5.82 Å². The highest BCUT2D eigenvalue weighted by molar-refractivity contribution is 5.81. The third-order valence-corrected chi connectivity index (χ3v) is 5.75. The van der Waals surface area contributed by atoms with Crippen molar-refractivity contribution in [3.05, 3.63) is 66.5 Å². The normalized spacial score (nSPS) is 19.5. The van der Waals surface area contributed by atoms with Crippen molar-refractivity contribution in [3.8, 4) is 11.5 Å². The van der Waals surface area contributed by atoms with Crippen LogP contribution in [0.15, 0.2) is 55.1 Å². The maximum atomic E-state index is 5.91. The second-order valence-electron chi connectivity index (χ2n) is 7.50. The summed E-state index contributed by atoms with van der Waals surface area (Å²) in [4.78, 5) is 13.8. The maximum Gasteiger partial charge on any atom is 0.160 e. The number of fused-ring (bicyclic) bond motifs is 1. The lowest BCUT2D eigenvalue weighted by atomic mass is 9.93. The van der Waals surface area contributed by atoms with Crippen LogP contribution < -0.4 is 0 Å². The molecule has 0 aliphatic carbocycles. The molecule has 0 amide bonds. The number of pyridine rings is 1. The minimum absolute atomic E-state index is 0.242. The molecule has 1 fully saturated rings. The van der Waals surface area contributed by atoms with Crippen LogP contribution in [0.4, 0.5) is 0 Å². The van der Waals surface area contributed by atoms with Crippen molar-refractivity contribution < 1.29 is 4.74 Å². The molecule has 1 saturated heterocycles. The van der Waals surface area contributed by atoms with Gasteiger partial charge in [-0.1, -0.05) is 18.2 Å². The highest BCUT2D eigenvalue weighted by atomic mass is 16.5. The minimum atomic E-state index is 0.242. The van der Waals surface area contributed by atoms with Gasteiger partial charge in [0, 0.05) is 43.1 Å². The number of rotatable bonds is 4. The number of benzene rings is 1. The standard InChI is InChI=1S/C22H23N5O/c1-15-25-20(12-26(15)2)22-24-9-10-27(22)21-14-28-13-17(21)11-16-7-8-23-19-6-4-3-5-18(16)19/h3-10,12,17,21H,11,13-14H2,1-2H3/t17-,21+/m0/s1. The van der Waals surface area contributed by atoms with Gasteiger partial charge in [-0.25, -0.2) is 9.97 Å². The first-order valence-corrected chi connectivity index (χ1v) is 9.64. The molecule has 1 aliphatic heterocycles. The van der Waals surface area contributed by atoms with Crippen LogP contribution in [0, 0.1) is 12.8 Å². The first-order valence-electron chi connectivity index (χ1n) is 9.64. The summed E-state index contributed by atoms with van der Waals surface area (Å²) < 4.78 is 10.2. The van der Waals surface area contributed by atoms with Crippen molar-refractivity contribution in [1.82, 2.24) is 24.1 Å². The van der Waals surface area contributed by atoms with Crippen molar-refractivity contribution in [2.45, 2.75) is 19.4 Å². The monoisotopic (exact) mass is 373 g/mol. The Hall–Kier alpha value is -2.99. The number of aromatic nitrogens is 5. The van der Waals surface area contributed by atoms with E-state index in [2.05, 4.69) is 50.0 Å². The number of nitrogens with zero attached hydrogens (tertiary/aromatic N) is 5. The Labute approximate surface area is 163 Å². The van der Waals surface area contributed by atoms with Crippen molar-refractivity contribution in [1.29, 1.82) is 0 Å². The second-order valence-corrected chi connectivity index (χ2v) is 7.50. The van der Waals surface area contributed by atoms with E-state index < -0.39 is 0 Å². The molecule has 142 valence electrons. The summed E-state index contributed by atoms with van der Waals surface area (Å²) in [7, 11) is 2.01. The van der Waals surface area contributed by atoms with E-state index in [1.807, 2.05) is 43.2 Å². The van der Waals surface area contributed by atoms with Gasteiger partial charge in [0.1, 0.15) is 11.5 Å². The summed E-state index contributed by atoms with van der Waals surface area (Å²) in [5.74, 6) is 2.26. The van der Waals surface area contributed by atoms with E-state index in [0.29, 0.717) is 12.5 Å². The lowest BCUT2D eigenvalue weighted by molar-refractivity contribution is 0.181. The number of hydrogen-bond donors (Lipinski definition) is 0. The van der Waals surface area contributed by atoms with Gasteiger partial charge in [-0.3, -0.25) is 4.98 Å². The molecule has 3 aromatic heterocycles. The lowest BCUT2D eigenvalue weighted by Gasteiger charge is -2.21. The van der Waals surface area contributed by atoms with Crippen LogP contribution in [-0.4, -0.2) is 37.3 Å². The van der Waals surface area contributed by atoms with Gasteiger partial charge in [-0.15, -0.1) is 0 Å². The first kappa shape index (κ1) is 17.1. The number of para-hydroxylation sites is 1. The zero-order valence-electron chi connectivity index (χ0n) is 16.1. The quantitative estimate of drug-likeness (QED) is 0.549. The second kappa shape index (κ2) is 6.87. The molecule has 28 heavy (non-hydrogen) atoms. The predicted octanol–water partition coefficient (Wildman–Crippen LogP) is 3.57. The Morgan fingerprint density at radius 2 is 2.00 bits per heavy atom. The lowest BCUT2D eigenvalue weighted by Crippen LogP contribution is -2.20. The third-order valence-electron chi connectivity index (χ3n) is 5.75. The van der Waals surface area contributed by atoms with Gasteiger partial charge in [0.05, 0.1) is 24.8 Å². The molecule has 4 aromatic rings. The Morgan fingerprint density at radius 1 is 1.11 bits per heavy atom. The van der Waals surface area contributed by atoms with E-state index in [-0.39, 0.29) is 6.04 Å². The van der Waals surface area contributed by atoms with E-state index in [9.17, 15) is 0 Å². The van der Waals surface area contributed by atoms with E-state index in [1.165, 1.54) is 10.9 Å². The zero-order chi connectivity index (χ0) is 19.1. The smallest absolute Gasteiger partial charge is 0.160 e. The van der Waals surface area contributed by atoms with Crippen LogP contribution in [0.5, 0.6) is 0 Å². The summed E-state index contributed by atoms with van der Waals surface area (Å²) in [5.41, 5.74) is 3.27. The molecule has 6 heteroatoms. The van der Waals surface area contributed by atoms with Crippen LogP contribution in [0.25, 0.3) is 22.4 Å². The third kappa shape index (κ3) is 2.90. The molecule has 0 radical (unpaired) electrons. The molecule has 2 atom stereocenters. The van der Waals surface area contributed by atoms with Crippen LogP contribution in [0.3, 0.4) is 0 Å². The number of aryl methyl sites for hydroxylation is 2. The molecule has 5 rings (SSSR count). The highest BCUT2D eigenvalue weighted by Gasteiger charge is 2.32. The summed E-state index contributed by atoms with van der Waals surface area (Å²) in [6, 6.07) is 10.7. The summed E-state index contributed by atoms with van der Waals surface area (Å²) in [5, 5.41) is 1.22. The predicted molar refractivity (Wildman–Crippen MR) is 108 cm³/mol. The van der Waals surface area contributed by atoms with Crippen molar-refractivity contribution in [2.75, 3.05) is 13.2 Å². The van der Waals surface area contributed by atoms with E-state index in [0.717, 1.165) is 35.9 Å². The summed E-state index contributed by atoms with van der Waals surface area (Å²) in [6.45, 7) is 3.45. The van der Waals surface area contributed by atoms with Gasteiger partial charge in [0.2, 0.25) is 0 Å². The fraction of sp³-hybridized carbons (Fsp3) is 0.318. The van der Waals surface area contributed by atoms with E-state index >= 15 is 0 Å². The van der Waals surface area contributed by atoms with Gasteiger partial charge < -0.3 is 13.9 Å². The largest absolute Gasteiger partial charge is 0.379 e. The molecule has 1 aromatic carbocycles. The maximum absolute atomic E-state index is 5.91. The highest BCUT2D eigenvalue weighted by Crippen LogP contribution is 2.33. The zero-order valence-corrected chi connectivity index (χ0v) is 16.1. The Morgan fingerprint density at radius 3 is 2.86 bits per heavy atom. The molecule has 4 heterocycles. The van der Waals surface area contributed by atoms with Crippen molar-refractivity contribution >= 4 is 10.9 Å². The van der Waals surface area contributed by atoms with Crippen molar-refractivity contribution in [2.24, 2.45) is 13.0 Å². The van der Waals surface area contributed by atoms with Crippen LogP contribution in [0.1, 0.15) is 17.4 Å². The van der Waals surface area contributed by atoms with Crippen molar-refractivity contribution in [3.63, 3.8) is 0 Å². The molecule has 1 aliphatic rings. The van der Waals surface area contributed by atoms with Crippen LogP contribution >= 0.6 is 0 Å². The molecule has 0 unspecified atom stereocenters. The molecular weight excluding hydrogens is 350 g/mol. The van der Waals surface area contributed by atoms with E-state index in [4.69, 9.17) is 4.74 Å². The Bertz CT molecular complexity index is 1100. The van der Waals surface area contributed by atoms with Gasteiger partial charge in [-0.2, -0.15) is 0 Å². The Kier molecular flexibility index (Phi) is 4.20. The molecule has 0 spiro atoms. The number of ether oxygens (including phenoxy) is 1. The average Bonchev–Trinajstić information content (AvgIpc) is 3.42. The number of hydrogen-bond acceptors (Lipinski definition) is 4. The van der Waals surface area contributed by atoms with Crippen LogP contribution in [0.2, 0.25) is 0 Å². The van der Waals surface area contributed by atoms with E-state index in [1.54, 1.807) is 0 Å². The number of imidazole rings is 2.